The molecule has 0 amide bonds. The summed E-state index contributed by atoms with van der Waals surface area (Å²) in [6.45, 7) is 4.38. The van der Waals surface area contributed by atoms with E-state index in [4.69, 9.17) is 0 Å². The zero-order valence-electron chi connectivity index (χ0n) is 12.0. The van der Waals surface area contributed by atoms with Crippen molar-refractivity contribution in [2.45, 2.75) is 45.6 Å². The molecule has 1 aromatic heterocycles. The van der Waals surface area contributed by atoms with Gasteiger partial charge in [-0.3, -0.25) is 0 Å². The van der Waals surface area contributed by atoms with Crippen molar-refractivity contribution in [2.24, 2.45) is 0 Å². The Hall–Kier alpha value is -0.800. The van der Waals surface area contributed by atoms with Crippen LogP contribution in [0.1, 0.15) is 46.7 Å². The molecule has 1 heterocycles. The molecule has 1 unspecified atom stereocenters. The van der Waals surface area contributed by atoms with Gasteiger partial charge in [0.25, 0.3) is 0 Å². The second-order valence-electron chi connectivity index (χ2n) is 5.61. The average Bonchev–Trinajstić information content (AvgIpc) is 2.88. The lowest BCUT2D eigenvalue weighted by Gasteiger charge is -2.16. The van der Waals surface area contributed by atoms with Crippen LogP contribution in [-0.2, 0) is 12.8 Å². The maximum Gasteiger partial charge on any atom is 0.0579 e. The first-order chi connectivity index (χ1) is 9.65. The second kappa shape index (κ2) is 5.90. The summed E-state index contributed by atoms with van der Waals surface area (Å²) in [7, 11) is 0. The lowest BCUT2D eigenvalue weighted by molar-refractivity contribution is 0.696. The molecule has 0 saturated heterocycles. The summed E-state index contributed by atoms with van der Waals surface area (Å²) in [4.78, 5) is 3.08. The van der Waals surface area contributed by atoms with Gasteiger partial charge in [-0.25, -0.2) is 0 Å². The maximum absolute atomic E-state index is 3.68. The SMILES string of the molecule is Cc1cccc(NC(C)c2cc3c(s2)CCCC3)c1Br. The highest BCUT2D eigenvalue weighted by molar-refractivity contribution is 9.10. The van der Waals surface area contributed by atoms with Gasteiger partial charge in [-0.05, 0) is 78.7 Å². The molecule has 0 spiro atoms. The standard InChI is InChI=1S/C17H20BrNS/c1-11-6-5-8-14(17(11)18)19-12(2)16-10-13-7-3-4-9-15(13)20-16/h5-6,8,10,12,19H,3-4,7,9H2,1-2H3. The zero-order valence-corrected chi connectivity index (χ0v) is 14.4. The van der Waals surface area contributed by atoms with Crippen molar-refractivity contribution in [1.29, 1.82) is 0 Å². The van der Waals surface area contributed by atoms with Gasteiger partial charge in [0.1, 0.15) is 0 Å². The Morgan fingerprint density at radius 3 is 2.85 bits per heavy atom. The fraction of sp³-hybridized carbons (Fsp3) is 0.412. The molecule has 1 aromatic carbocycles. The minimum Gasteiger partial charge on any atom is -0.377 e. The van der Waals surface area contributed by atoms with Crippen molar-refractivity contribution < 1.29 is 0 Å². The van der Waals surface area contributed by atoms with Gasteiger partial charge in [0, 0.05) is 19.9 Å². The van der Waals surface area contributed by atoms with Gasteiger partial charge in [0.2, 0.25) is 0 Å². The summed E-state index contributed by atoms with van der Waals surface area (Å²) < 4.78 is 1.17. The van der Waals surface area contributed by atoms with E-state index in [1.165, 1.54) is 46.3 Å². The molecule has 0 saturated carbocycles. The molecule has 1 N–H and O–H groups in total. The summed E-state index contributed by atoms with van der Waals surface area (Å²) in [5.41, 5.74) is 4.05. The van der Waals surface area contributed by atoms with Crippen LogP contribution in [0.5, 0.6) is 0 Å². The summed E-state index contributed by atoms with van der Waals surface area (Å²) in [5.74, 6) is 0. The van der Waals surface area contributed by atoms with E-state index in [9.17, 15) is 0 Å². The Bertz CT molecular complexity index is 594. The van der Waals surface area contributed by atoms with Crippen LogP contribution in [0.15, 0.2) is 28.7 Å². The van der Waals surface area contributed by atoms with E-state index in [0.717, 1.165) is 0 Å². The van der Waals surface area contributed by atoms with Crippen molar-refractivity contribution in [3.05, 3.63) is 49.6 Å². The topological polar surface area (TPSA) is 12.0 Å². The normalized spacial score (nSPS) is 15.8. The van der Waals surface area contributed by atoms with Gasteiger partial charge < -0.3 is 5.32 Å². The van der Waals surface area contributed by atoms with Crippen LogP contribution in [0.25, 0.3) is 0 Å². The molecule has 3 rings (SSSR count). The first-order valence-corrected chi connectivity index (χ1v) is 8.89. The molecule has 0 fully saturated rings. The van der Waals surface area contributed by atoms with Gasteiger partial charge in [-0.15, -0.1) is 11.3 Å². The first kappa shape index (κ1) is 14.2. The number of thiophene rings is 1. The zero-order chi connectivity index (χ0) is 14.1. The number of hydrogen-bond donors (Lipinski definition) is 1. The lowest BCUT2D eigenvalue weighted by Crippen LogP contribution is -2.05. The smallest absolute Gasteiger partial charge is 0.0579 e. The predicted molar refractivity (Wildman–Crippen MR) is 91.9 cm³/mol. The highest BCUT2D eigenvalue weighted by Crippen LogP contribution is 2.35. The third-order valence-corrected chi connectivity index (χ3v) is 6.48. The molecule has 1 aliphatic carbocycles. The van der Waals surface area contributed by atoms with E-state index in [0.29, 0.717) is 6.04 Å². The predicted octanol–water partition coefficient (Wildman–Crippen LogP) is 5.87. The quantitative estimate of drug-likeness (QED) is 0.730. The molecule has 1 aliphatic rings. The second-order valence-corrected chi connectivity index (χ2v) is 7.57. The van der Waals surface area contributed by atoms with Crippen molar-refractivity contribution in [2.75, 3.05) is 5.32 Å². The average molecular weight is 350 g/mol. The molecular weight excluding hydrogens is 330 g/mol. The van der Waals surface area contributed by atoms with Crippen LogP contribution in [0.2, 0.25) is 0 Å². The Balaban J connectivity index is 1.80. The fourth-order valence-electron chi connectivity index (χ4n) is 2.79. The molecule has 106 valence electrons. The van der Waals surface area contributed by atoms with Gasteiger partial charge in [0.05, 0.1) is 6.04 Å². The fourth-order valence-corrected chi connectivity index (χ4v) is 4.43. The number of halogens is 1. The Morgan fingerprint density at radius 2 is 2.05 bits per heavy atom. The van der Waals surface area contributed by atoms with Crippen molar-refractivity contribution >= 4 is 33.0 Å². The molecule has 2 aromatic rings. The van der Waals surface area contributed by atoms with Crippen molar-refractivity contribution in [1.82, 2.24) is 0 Å². The highest BCUT2D eigenvalue weighted by Gasteiger charge is 2.17. The summed E-state index contributed by atoms with van der Waals surface area (Å²) >= 11 is 5.67. The van der Waals surface area contributed by atoms with E-state index < -0.39 is 0 Å². The van der Waals surface area contributed by atoms with Gasteiger partial charge >= 0.3 is 0 Å². The van der Waals surface area contributed by atoms with Crippen molar-refractivity contribution in [3.63, 3.8) is 0 Å². The maximum atomic E-state index is 3.68. The van der Waals surface area contributed by atoms with E-state index in [-0.39, 0.29) is 0 Å². The van der Waals surface area contributed by atoms with Crippen LogP contribution < -0.4 is 5.32 Å². The molecular formula is C17H20BrNS. The molecule has 0 radical (unpaired) electrons. The van der Waals surface area contributed by atoms with Gasteiger partial charge in [0.15, 0.2) is 0 Å². The third-order valence-electron chi connectivity index (χ3n) is 4.01. The largest absolute Gasteiger partial charge is 0.377 e. The van der Waals surface area contributed by atoms with E-state index in [1.807, 2.05) is 11.3 Å². The molecule has 1 nitrogen and oxygen atoms in total. The highest BCUT2D eigenvalue weighted by atomic mass is 79.9. The Kier molecular flexibility index (Phi) is 4.18. The van der Waals surface area contributed by atoms with E-state index >= 15 is 0 Å². The van der Waals surface area contributed by atoms with Crippen LogP contribution in [0.3, 0.4) is 0 Å². The number of anilines is 1. The minimum absolute atomic E-state index is 0.365. The van der Waals surface area contributed by atoms with Crippen LogP contribution in [0.4, 0.5) is 5.69 Å². The third kappa shape index (κ3) is 2.79. The summed E-state index contributed by atoms with van der Waals surface area (Å²) in [6.07, 6.45) is 5.26. The van der Waals surface area contributed by atoms with Crippen LogP contribution >= 0.6 is 27.3 Å². The van der Waals surface area contributed by atoms with Crippen LogP contribution in [0, 0.1) is 6.92 Å². The summed E-state index contributed by atoms with van der Waals surface area (Å²) in [6, 6.07) is 9.16. The Morgan fingerprint density at radius 1 is 1.25 bits per heavy atom. The minimum atomic E-state index is 0.365. The number of benzene rings is 1. The Labute approximate surface area is 133 Å². The van der Waals surface area contributed by atoms with Crippen molar-refractivity contribution in [3.8, 4) is 0 Å². The number of nitrogens with one attached hydrogen (secondary N) is 1. The number of rotatable bonds is 3. The monoisotopic (exact) mass is 349 g/mol. The number of fused-ring (bicyclic) bond motifs is 1. The van der Waals surface area contributed by atoms with Crippen LogP contribution in [-0.4, -0.2) is 0 Å². The molecule has 0 bridgehead atoms. The summed E-state index contributed by atoms with van der Waals surface area (Å²) in [5, 5.41) is 3.64. The number of hydrogen-bond acceptors (Lipinski definition) is 2. The molecule has 20 heavy (non-hydrogen) atoms. The lowest BCUT2D eigenvalue weighted by atomic mass is 9.99. The number of aryl methyl sites for hydroxylation is 3. The molecule has 0 aliphatic heterocycles. The van der Waals surface area contributed by atoms with Gasteiger partial charge in [-0.1, -0.05) is 12.1 Å². The van der Waals surface area contributed by atoms with Gasteiger partial charge in [-0.2, -0.15) is 0 Å². The molecule has 3 heteroatoms. The van der Waals surface area contributed by atoms with E-state index in [1.54, 1.807) is 10.4 Å². The molecule has 1 atom stereocenters. The first-order valence-electron chi connectivity index (χ1n) is 7.28. The van der Waals surface area contributed by atoms with E-state index in [2.05, 4.69) is 59.4 Å².